The van der Waals surface area contributed by atoms with Crippen LogP contribution in [-0.4, -0.2) is 35.8 Å². The molecule has 0 aliphatic carbocycles. The fourth-order valence-corrected chi connectivity index (χ4v) is 1.69. The lowest BCUT2D eigenvalue weighted by atomic mass is 10.1. The highest BCUT2D eigenvalue weighted by molar-refractivity contribution is 5.92. The third-order valence-electron chi connectivity index (χ3n) is 2.62. The van der Waals surface area contributed by atoms with Gasteiger partial charge in [-0.15, -0.1) is 0 Å². The fraction of sp³-hybridized carbons (Fsp3) is 0.385. The zero-order valence-corrected chi connectivity index (χ0v) is 9.85. The Hall–Kier alpha value is -1.90. The lowest BCUT2D eigenvalue weighted by Gasteiger charge is -2.08. The summed E-state index contributed by atoms with van der Waals surface area (Å²) >= 11 is 0. The van der Waals surface area contributed by atoms with Crippen LogP contribution in [-0.2, 0) is 9.53 Å². The van der Waals surface area contributed by atoms with E-state index in [4.69, 9.17) is 9.84 Å². The molecule has 2 heterocycles. The molecule has 0 bridgehead atoms. The Morgan fingerprint density at radius 1 is 1.67 bits per heavy atom. The first-order valence-corrected chi connectivity index (χ1v) is 5.74. The number of nitrogens with one attached hydrogen (secondary N) is 1. The van der Waals surface area contributed by atoms with Crippen molar-refractivity contribution in [2.45, 2.75) is 6.42 Å². The number of carbonyl (C=O) groups excluding carboxylic acids is 1. The van der Waals surface area contributed by atoms with Crippen molar-refractivity contribution < 1.29 is 14.6 Å². The molecule has 1 aromatic rings. The molecule has 1 aromatic heterocycles. The van der Waals surface area contributed by atoms with Gasteiger partial charge in [0.1, 0.15) is 12.4 Å². The zero-order chi connectivity index (χ0) is 12.8. The van der Waals surface area contributed by atoms with Crippen LogP contribution in [0.4, 0.5) is 5.82 Å². The molecule has 0 saturated carbocycles. The van der Waals surface area contributed by atoms with E-state index in [0.29, 0.717) is 24.6 Å². The largest absolute Gasteiger partial charge is 0.384 e. The van der Waals surface area contributed by atoms with Crippen molar-refractivity contribution in [2.24, 2.45) is 5.92 Å². The summed E-state index contributed by atoms with van der Waals surface area (Å²) in [5, 5.41) is 11.4. The maximum atomic E-state index is 11.8. The second-order valence-electron chi connectivity index (χ2n) is 3.94. The van der Waals surface area contributed by atoms with E-state index in [1.54, 1.807) is 18.3 Å². The number of hydrogen-bond donors (Lipinski definition) is 2. The van der Waals surface area contributed by atoms with E-state index in [2.05, 4.69) is 22.1 Å². The minimum Gasteiger partial charge on any atom is -0.384 e. The molecule has 0 spiro atoms. The minimum atomic E-state index is -0.191. The molecule has 1 saturated heterocycles. The molecule has 1 atom stereocenters. The average molecular weight is 246 g/mol. The van der Waals surface area contributed by atoms with Crippen molar-refractivity contribution in [3.05, 3.63) is 23.9 Å². The Morgan fingerprint density at radius 3 is 3.28 bits per heavy atom. The summed E-state index contributed by atoms with van der Waals surface area (Å²) in [5.74, 6) is 5.60. The van der Waals surface area contributed by atoms with Crippen LogP contribution in [0.2, 0.25) is 0 Å². The molecule has 0 aromatic carbocycles. The van der Waals surface area contributed by atoms with Crippen molar-refractivity contribution in [1.82, 2.24) is 4.98 Å². The second kappa shape index (κ2) is 6.15. The molecule has 1 fully saturated rings. The number of carbonyl (C=O) groups is 1. The van der Waals surface area contributed by atoms with Crippen LogP contribution in [0.3, 0.4) is 0 Å². The molecule has 5 nitrogen and oxygen atoms in total. The van der Waals surface area contributed by atoms with Crippen molar-refractivity contribution in [3.8, 4) is 11.8 Å². The lowest BCUT2D eigenvalue weighted by Crippen LogP contribution is -2.23. The van der Waals surface area contributed by atoms with Gasteiger partial charge in [0.25, 0.3) is 0 Å². The first-order chi connectivity index (χ1) is 8.79. The van der Waals surface area contributed by atoms with Gasteiger partial charge in [0.2, 0.25) is 5.91 Å². The summed E-state index contributed by atoms with van der Waals surface area (Å²) in [5.41, 5.74) is 0.706. The fourth-order valence-electron chi connectivity index (χ4n) is 1.69. The van der Waals surface area contributed by atoms with E-state index in [1.165, 1.54) is 0 Å². The van der Waals surface area contributed by atoms with Crippen LogP contribution in [0, 0.1) is 17.8 Å². The van der Waals surface area contributed by atoms with Crippen molar-refractivity contribution in [3.63, 3.8) is 0 Å². The van der Waals surface area contributed by atoms with Gasteiger partial charge in [-0.25, -0.2) is 4.98 Å². The van der Waals surface area contributed by atoms with Crippen molar-refractivity contribution >= 4 is 11.7 Å². The minimum absolute atomic E-state index is 0.0766. The number of rotatable bonds is 2. The summed E-state index contributed by atoms with van der Waals surface area (Å²) in [6.45, 7) is 0.910. The molecule has 18 heavy (non-hydrogen) atoms. The standard InChI is InChI=1S/C13H14N2O3/c16-6-1-2-10-3-5-14-12(8-10)15-13(17)11-4-7-18-9-11/h3,5,8,11,16H,4,6-7,9H2,(H,14,15,17). The van der Waals surface area contributed by atoms with Gasteiger partial charge in [0.15, 0.2) is 0 Å². The molecule has 0 radical (unpaired) electrons. The van der Waals surface area contributed by atoms with Gasteiger partial charge in [0, 0.05) is 18.4 Å². The molecule has 94 valence electrons. The van der Waals surface area contributed by atoms with Gasteiger partial charge >= 0.3 is 0 Å². The third kappa shape index (κ3) is 3.29. The monoisotopic (exact) mass is 246 g/mol. The molecular weight excluding hydrogens is 232 g/mol. The van der Waals surface area contributed by atoms with E-state index in [0.717, 1.165) is 6.42 Å². The average Bonchev–Trinajstić information content (AvgIpc) is 2.91. The van der Waals surface area contributed by atoms with E-state index in [1.807, 2.05) is 0 Å². The highest BCUT2D eigenvalue weighted by atomic mass is 16.5. The van der Waals surface area contributed by atoms with Crippen LogP contribution >= 0.6 is 0 Å². The summed E-state index contributed by atoms with van der Waals surface area (Å²) in [4.78, 5) is 15.9. The topological polar surface area (TPSA) is 71.5 Å². The van der Waals surface area contributed by atoms with Gasteiger partial charge in [0.05, 0.1) is 12.5 Å². The van der Waals surface area contributed by atoms with Gasteiger partial charge in [-0.3, -0.25) is 4.79 Å². The van der Waals surface area contributed by atoms with E-state index >= 15 is 0 Å². The maximum Gasteiger partial charge on any atom is 0.231 e. The third-order valence-corrected chi connectivity index (χ3v) is 2.62. The Bertz CT molecular complexity index is 484. The van der Waals surface area contributed by atoms with Crippen molar-refractivity contribution in [1.29, 1.82) is 0 Å². The number of aromatic nitrogens is 1. The molecule has 2 rings (SSSR count). The van der Waals surface area contributed by atoms with E-state index in [-0.39, 0.29) is 18.4 Å². The lowest BCUT2D eigenvalue weighted by molar-refractivity contribution is -0.119. The van der Waals surface area contributed by atoms with Gasteiger partial charge < -0.3 is 15.2 Å². The molecule has 1 unspecified atom stereocenters. The predicted molar refractivity (Wildman–Crippen MR) is 65.8 cm³/mol. The zero-order valence-electron chi connectivity index (χ0n) is 9.85. The van der Waals surface area contributed by atoms with Crippen molar-refractivity contribution in [2.75, 3.05) is 25.1 Å². The van der Waals surface area contributed by atoms with Gasteiger partial charge in [-0.1, -0.05) is 11.8 Å². The Labute approximate surface area is 105 Å². The summed E-state index contributed by atoms with van der Waals surface area (Å²) < 4.78 is 5.16. The molecule has 1 amide bonds. The first-order valence-electron chi connectivity index (χ1n) is 5.74. The van der Waals surface area contributed by atoms with Crippen LogP contribution in [0.5, 0.6) is 0 Å². The Kier molecular flexibility index (Phi) is 4.29. The number of aliphatic hydroxyl groups excluding tert-OH is 1. The van der Waals surface area contributed by atoms with E-state index in [9.17, 15) is 4.79 Å². The number of hydrogen-bond acceptors (Lipinski definition) is 4. The van der Waals surface area contributed by atoms with Gasteiger partial charge in [-0.05, 0) is 18.6 Å². The number of amides is 1. The molecular formula is C13H14N2O3. The number of nitrogens with zero attached hydrogens (tertiary/aromatic N) is 1. The summed E-state index contributed by atoms with van der Waals surface area (Å²) in [7, 11) is 0. The second-order valence-corrected chi connectivity index (χ2v) is 3.94. The summed E-state index contributed by atoms with van der Waals surface area (Å²) in [6, 6.07) is 3.40. The first kappa shape index (κ1) is 12.6. The highest BCUT2D eigenvalue weighted by Crippen LogP contribution is 2.15. The molecule has 2 N–H and O–H groups in total. The highest BCUT2D eigenvalue weighted by Gasteiger charge is 2.23. The SMILES string of the molecule is O=C(Nc1cc(C#CCO)ccn1)C1CCOC1. The van der Waals surface area contributed by atoms with Gasteiger partial charge in [-0.2, -0.15) is 0 Å². The smallest absolute Gasteiger partial charge is 0.231 e. The normalized spacial score (nSPS) is 17.9. The number of ether oxygens (including phenoxy) is 1. The van der Waals surface area contributed by atoms with Crippen LogP contribution in [0.1, 0.15) is 12.0 Å². The molecule has 1 aliphatic rings. The predicted octanol–water partition coefficient (Wildman–Crippen LogP) is 0.400. The Balaban J connectivity index is 2.02. The number of anilines is 1. The quantitative estimate of drug-likeness (QED) is 0.741. The maximum absolute atomic E-state index is 11.8. The molecule has 1 aliphatic heterocycles. The van der Waals surface area contributed by atoms with Crippen LogP contribution in [0.15, 0.2) is 18.3 Å². The Morgan fingerprint density at radius 2 is 2.56 bits per heavy atom. The summed E-state index contributed by atoms with van der Waals surface area (Å²) in [6.07, 6.45) is 2.32. The molecule has 5 heteroatoms. The van der Waals surface area contributed by atoms with E-state index < -0.39 is 0 Å². The number of pyridine rings is 1. The number of aliphatic hydroxyl groups is 1. The van der Waals surface area contributed by atoms with Crippen LogP contribution in [0.25, 0.3) is 0 Å². The van der Waals surface area contributed by atoms with Crippen LogP contribution < -0.4 is 5.32 Å².